The van der Waals surface area contributed by atoms with E-state index < -0.39 is 0 Å². The largest absolute Gasteiger partial charge is 0.508 e. The first-order chi connectivity index (χ1) is 8.00. The van der Waals surface area contributed by atoms with Crippen LogP contribution in [0.5, 0.6) is 5.75 Å². The Kier molecular flexibility index (Phi) is 5.51. The summed E-state index contributed by atoms with van der Waals surface area (Å²) in [7, 11) is 4.07. The molecule has 0 bridgehead atoms. The second-order valence-corrected chi connectivity index (χ2v) is 5.36. The van der Waals surface area contributed by atoms with Crippen LogP contribution in [0.25, 0.3) is 0 Å². The summed E-state index contributed by atoms with van der Waals surface area (Å²) in [5, 5.41) is 9.69. The van der Waals surface area contributed by atoms with Gasteiger partial charge in [0.15, 0.2) is 5.78 Å². The lowest BCUT2D eigenvalue weighted by Crippen LogP contribution is -2.14. The van der Waals surface area contributed by atoms with E-state index in [4.69, 9.17) is 0 Å². The number of carbonyl (C=O) groups is 1. The number of thioether (sulfide) groups is 1. The molecule has 0 amide bonds. The molecule has 0 atom stereocenters. The Morgan fingerprint density at radius 3 is 2.71 bits per heavy atom. The molecule has 0 radical (unpaired) electrons. The van der Waals surface area contributed by atoms with Gasteiger partial charge >= 0.3 is 0 Å². The molecule has 1 rings (SSSR count). The van der Waals surface area contributed by atoms with E-state index in [1.807, 2.05) is 14.1 Å². The molecular weight excluding hydrogens is 234 g/mol. The zero-order valence-corrected chi connectivity index (χ0v) is 11.4. The first-order valence-corrected chi connectivity index (χ1v) is 6.71. The van der Waals surface area contributed by atoms with E-state index in [0.717, 1.165) is 23.6 Å². The fourth-order valence-electron chi connectivity index (χ4n) is 1.35. The van der Waals surface area contributed by atoms with Crippen LogP contribution in [0.15, 0.2) is 18.2 Å². The van der Waals surface area contributed by atoms with Gasteiger partial charge in [0.25, 0.3) is 0 Å². The Balaban J connectivity index is 2.57. The van der Waals surface area contributed by atoms with Gasteiger partial charge in [0, 0.05) is 29.2 Å². The molecule has 0 heterocycles. The van der Waals surface area contributed by atoms with Gasteiger partial charge in [-0.25, -0.2) is 0 Å². The Morgan fingerprint density at radius 1 is 1.41 bits per heavy atom. The van der Waals surface area contributed by atoms with Crippen LogP contribution in [-0.2, 0) is 5.75 Å². The van der Waals surface area contributed by atoms with Gasteiger partial charge in [-0.05, 0) is 39.2 Å². The molecular formula is C13H19NO2S. The highest BCUT2D eigenvalue weighted by atomic mass is 32.2. The molecule has 0 fully saturated rings. The van der Waals surface area contributed by atoms with Crippen LogP contribution >= 0.6 is 11.8 Å². The van der Waals surface area contributed by atoms with E-state index in [1.165, 1.54) is 6.92 Å². The molecule has 1 aromatic rings. The average Bonchev–Trinajstić information content (AvgIpc) is 2.25. The number of benzene rings is 1. The topological polar surface area (TPSA) is 40.5 Å². The molecule has 0 spiro atoms. The zero-order valence-electron chi connectivity index (χ0n) is 10.6. The highest BCUT2D eigenvalue weighted by Gasteiger charge is 2.06. The van der Waals surface area contributed by atoms with Crippen molar-refractivity contribution in [1.29, 1.82) is 0 Å². The maximum atomic E-state index is 11.2. The number of rotatable bonds is 6. The van der Waals surface area contributed by atoms with Crippen molar-refractivity contribution < 1.29 is 9.90 Å². The van der Waals surface area contributed by atoms with Crippen molar-refractivity contribution in [2.45, 2.75) is 12.7 Å². The summed E-state index contributed by atoms with van der Waals surface area (Å²) in [5.74, 6) is 2.05. The highest BCUT2D eigenvalue weighted by Crippen LogP contribution is 2.23. The Hall–Kier alpha value is -1.00. The second kappa shape index (κ2) is 6.67. The summed E-state index contributed by atoms with van der Waals surface area (Å²) in [5.41, 5.74) is 1.49. The maximum absolute atomic E-state index is 11.2. The normalized spacial score (nSPS) is 10.8. The molecule has 0 saturated heterocycles. The standard InChI is InChI=1S/C13H19NO2S/c1-10(15)11-4-5-13(16)12(8-11)9-17-7-6-14(2)3/h4-5,8,16H,6-7,9H2,1-3H3. The number of Topliss-reactive ketones (excluding diaryl/α,β-unsaturated/α-hetero) is 1. The first-order valence-electron chi connectivity index (χ1n) is 5.56. The lowest BCUT2D eigenvalue weighted by atomic mass is 10.1. The lowest BCUT2D eigenvalue weighted by Gasteiger charge is -2.09. The summed E-state index contributed by atoms with van der Waals surface area (Å²) >= 11 is 1.76. The van der Waals surface area contributed by atoms with Gasteiger partial charge in [-0.2, -0.15) is 11.8 Å². The summed E-state index contributed by atoms with van der Waals surface area (Å²) in [6, 6.07) is 5.03. The Bertz CT molecular complexity index is 391. The molecule has 3 nitrogen and oxygen atoms in total. The monoisotopic (exact) mass is 253 g/mol. The average molecular weight is 253 g/mol. The Labute approximate surface area is 107 Å². The third kappa shape index (κ3) is 4.79. The van der Waals surface area contributed by atoms with E-state index in [2.05, 4.69) is 4.90 Å². The van der Waals surface area contributed by atoms with Crippen LogP contribution < -0.4 is 0 Å². The molecule has 1 aromatic carbocycles. The molecule has 0 unspecified atom stereocenters. The molecule has 0 aliphatic heterocycles. The van der Waals surface area contributed by atoms with E-state index >= 15 is 0 Å². The van der Waals surface area contributed by atoms with Gasteiger partial charge in [-0.1, -0.05) is 0 Å². The van der Waals surface area contributed by atoms with Crippen molar-refractivity contribution in [3.8, 4) is 5.75 Å². The van der Waals surface area contributed by atoms with Gasteiger partial charge in [0.1, 0.15) is 5.75 Å². The number of nitrogens with zero attached hydrogens (tertiary/aromatic N) is 1. The fraction of sp³-hybridized carbons (Fsp3) is 0.462. The number of carbonyl (C=O) groups excluding carboxylic acids is 1. The molecule has 0 aliphatic carbocycles. The highest BCUT2D eigenvalue weighted by molar-refractivity contribution is 7.98. The van der Waals surface area contributed by atoms with Gasteiger partial charge in [0.05, 0.1) is 0 Å². The van der Waals surface area contributed by atoms with Crippen molar-refractivity contribution in [2.75, 3.05) is 26.4 Å². The minimum absolute atomic E-state index is 0.0320. The number of hydrogen-bond donors (Lipinski definition) is 1. The number of aromatic hydroxyl groups is 1. The molecule has 17 heavy (non-hydrogen) atoms. The second-order valence-electron chi connectivity index (χ2n) is 4.26. The summed E-state index contributed by atoms with van der Waals surface area (Å²) < 4.78 is 0. The molecule has 94 valence electrons. The molecule has 1 N–H and O–H groups in total. The van der Waals surface area contributed by atoms with Gasteiger partial charge in [-0.3, -0.25) is 4.79 Å². The lowest BCUT2D eigenvalue weighted by molar-refractivity contribution is 0.101. The van der Waals surface area contributed by atoms with Crippen molar-refractivity contribution in [1.82, 2.24) is 4.90 Å². The number of ketones is 1. The third-order valence-electron chi connectivity index (χ3n) is 2.43. The Morgan fingerprint density at radius 2 is 2.12 bits per heavy atom. The minimum Gasteiger partial charge on any atom is -0.508 e. The van der Waals surface area contributed by atoms with Crippen molar-refractivity contribution in [3.63, 3.8) is 0 Å². The van der Waals surface area contributed by atoms with E-state index in [0.29, 0.717) is 5.56 Å². The third-order valence-corrected chi connectivity index (χ3v) is 3.41. The van der Waals surface area contributed by atoms with Crippen LogP contribution in [0.3, 0.4) is 0 Å². The molecule has 0 saturated carbocycles. The van der Waals surface area contributed by atoms with Crippen LogP contribution in [0.2, 0.25) is 0 Å². The predicted octanol–water partition coefficient (Wildman–Crippen LogP) is 2.39. The number of phenolic OH excluding ortho intramolecular Hbond substituents is 1. The van der Waals surface area contributed by atoms with Crippen LogP contribution in [-0.4, -0.2) is 42.2 Å². The van der Waals surface area contributed by atoms with Gasteiger partial charge in [-0.15, -0.1) is 0 Å². The number of phenols is 1. The summed E-state index contributed by atoms with van der Waals surface area (Å²) in [4.78, 5) is 13.4. The zero-order chi connectivity index (χ0) is 12.8. The maximum Gasteiger partial charge on any atom is 0.159 e. The quantitative estimate of drug-likeness (QED) is 0.624. The van der Waals surface area contributed by atoms with Crippen molar-refractivity contribution in [2.24, 2.45) is 0 Å². The van der Waals surface area contributed by atoms with E-state index in [1.54, 1.807) is 30.0 Å². The SMILES string of the molecule is CC(=O)c1ccc(O)c(CSCCN(C)C)c1. The number of hydrogen-bond acceptors (Lipinski definition) is 4. The van der Waals surface area contributed by atoms with Crippen molar-refractivity contribution >= 4 is 17.5 Å². The van der Waals surface area contributed by atoms with E-state index in [9.17, 15) is 9.90 Å². The van der Waals surface area contributed by atoms with Crippen LogP contribution in [0.4, 0.5) is 0 Å². The van der Waals surface area contributed by atoms with Crippen LogP contribution in [0, 0.1) is 0 Å². The van der Waals surface area contributed by atoms with Crippen LogP contribution in [0.1, 0.15) is 22.8 Å². The van der Waals surface area contributed by atoms with Gasteiger partial charge < -0.3 is 10.0 Å². The van der Waals surface area contributed by atoms with Crippen molar-refractivity contribution in [3.05, 3.63) is 29.3 Å². The van der Waals surface area contributed by atoms with E-state index in [-0.39, 0.29) is 11.5 Å². The first kappa shape index (κ1) is 14.1. The predicted molar refractivity (Wildman–Crippen MR) is 72.8 cm³/mol. The summed E-state index contributed by atoms with van der Waals surface area (Å²) in [6.45, 7) is 2.55. The summed E-state index contributed by atoms with van der Waals surface area (Å²) in [6.07, 6.45) is 0. The minimum atomic E-state index is 0.0320. The molecule has 0 aliphatic rings. The smallest absolute Gasteiger partial charge is 0.159 e. The molecule has 4 heteroatoms. The fourth-order valence-corrected chi connectivity index (χ4v) is 2.44. The molecule has 0 aromatic heterocycles. The van der Waals surface area contributed by atoms with Gasteiger partial charge in [0.2, 0.25) is 0 Å².